The molecule has 1 aliphatic carbocycles. The van der Waals surface area contributed by atoms with Gasteiger partial charge in [-0.2, -0.15) is 0 Å². The third-order valence-corrected chi connectivity index (χ3v) is 9.75. The summed E-state index contributed by atoms with van der Waals surface area (Å²) >= 11 is 1.27. The molecule has 0 radical (unpaired) electrons. The lowest BCUT2D eigenvalue weighted by atomic mass is 9.69. The minimum absolute atomic E-state index is 0.0614. The Balaban J connectivity index is 1.41. The molecule has 0 spiro atoms. The van der Waals surface area contributed by atoms with E-state index >= 15 is 0 Å². The lowest BCUT2D eigenvalue weighted by Crippen LogP contribution is -2.53. The molecular formula is C32H35N5O4S. The van der Waals surface area contributed by atoms with E-state index < -0.39 is 11.6 Å². The number of ketones is 1. The van der Waals surface area contributed by atoms with Crippen molar-refractivity contribution in [2.45, 2.75) is 37.4 Å². The molecule has 4 aromatic rings. The fourth-order valence-corrected chi connectivity index (χ4v) is 7.41. The number of piperidine rings is 1. The molecule has 2 aliphatic rings. The van der Waals surface area contributed by atoms with Crippen molar-refractivity contribution in [2.75, 3.05) is 33.0 Å². The maximum atomic E-state index is 14.2. The van der Waals surface area contributed by atoms with Crippen LogP contribution in [0.3, 0.4) is 0 Å². The number of nitrogens with two attached hydrogens (primary N) is 3. The largest absolute Gasteiger partial charge is 0.493 e. The van der Waals surface area contributed by atoms with Crippen molar-refractivity contribution in [3.05, 3.63) is 81.7 Å². The van der Waals surface area contributed by atoms with Crippen LogP contribution in [0.2, 0.25) is 0 Å². The maximum Gasteiger partial charge on any atom is 0.261 e. The molecule has 10 heteroatoms. The highest BCUT2D eigenvalue weighted by Gasteiger charge is 2.49. The number of anilines is 1. The van der Waals surface area contributed by atoms with Crippen molar-refractivity contribution in [1.29, 1.82) is 0 Å². The molecule has 1 saturated heterocycles. The molecule has 1 aliphatic heterocycles. The zero-order valence-corrected chi connectivity index (χ0v) is 24.7. The summed E-state index contributed by atoms with van der Waals surface area (Å²) in [6.07, 6.45) is 1.73. The Kier molecular flexibility index (Phi) is 7.18. The predicted molar refractivity (Wildman–Crippen MR) is 165 cm³/mol. The van der Waals surface area contributed by atoms with Crippen molar-refractivity contribution < 1.29 is 19.1 Å². The summed E-state index contributed by atoms with van der Waals surface area (Å²) in [7, 11) is 3.66. The first-order valence-corrected chi connectivity index (χ1v) is 14.8. The van der Waals surface area contributed by atoms with Gasteiger partial charge in [-0.05, 0) is 86.9 Å². The van der Waals surface area contributed by atoms with Crippen LogP contribution in [-0.4, -0.2) is 49.9 Å². The number of likely N-dealkylation sites (tertiary alicyclic amines) is 1. The number of amides is 1. The third kappa shape index (κ3) is 4.51. The molecule has 1 amide bonds. The maximum absolute atomic E-state index is 14.2. The molecule has 2 unspecified atom stereocenters. The number of Topliss-reactive ketones (excluding diaryl/α,β-unsaturated/α-hetero) is 1. The molecule has 6 rings (SSSR count). The van der Waals surface area contributed by atoms with Gasteiger partial charge in [-0.1, -0.05) is 24.3 Å². The van der Waals surface area contributed by atoms with Gasteiger partial charge in [0, 0.05) is 22.7 Å². The second-order valence-corrected chi connectivity index (χ2v) is 12.2. The first kappa shape index (κ1) is 28.2. The Labute approximate surface area is 248 Å². The second kappa shape index (κ2) is 10.7. The summed E-state index contributed by atoms with van der Waals surface area (Å²) in [5.41, 5.74) is 21.6. The Morgan fingerprint density at radius 2 is 1.76 bits per heavy atom. The van der Waals surface area contributed by atoms with Crippen LogP contribution in [0.25, 0.3) is 10.1 Å². The van der Waals surface area contributed by atoms with Crippen molar-refractivity contribution in [3.63, 3.8) is 0 Å². The number of nitrogens with zero attached hydrogens (tertiary/aromatic N) is 1. The van der Waals surface area contributed by atoms with Crippen LogP contribution < -0.4 is 32.0 Å². The van der Waals surface area contributed by atoms with Crippen molar-refractivity contribution in [3.8, 4) is 17.2 Å². The molecule has 3 aromatic carbocycles. The number of hydrogen-bond acceptors (Lipinski definition) is 9. The van der Waals surface area contributed by atoms with E-state index in [0.29, 0.717) is 54.6 Å². The molecular weight excluding hydrogens is 550 g/mol. The molecule has 1 aromatic heterocycles. The zero-order valence-electron chi connectivity index (χ0n) is 23.9. The van der Waals surface area contributed by atoms with Crippen molar-refractivity contribution in [1.82, 2.24) is 10.2 Å². The summed E-state index contributed by atoms with van der Waals surface area (Å²) in [5, 5.41) is 3.86. The number of ether oxygens (including phenoxy) is 2. The van der Waals surface area contributed by atoms with Crippen LogP contribution in [0.15, 0.2) is 54.6 Å². The van der Waals surface area contributed by atoms with Crippen molar-refractivity contribution in [2.24, 2.45) is 11.5 Å². The van der Waals surface area contributed by atoms with Crippen LogP contribution >= 0.6 is 11.3 Å². The van der Waals surface area contributed by atoms with Gasteiger partial charge in [0.25, 0.3) is 5.91 Å². The van der Waals surface area contributed by atoms with E-state index in [-0.39, 0.29) is 17.7 Å². The molecule has 2 atom stereocenters. The van der Waals surface area contributed by atoms with E-state index in [4.69, 9.17) is 26.7 Å². The Morgan fingerprint density at radius 1 is 1.07 bits per heavy atom. The van der Waals surface area contributed by atoms with Gasteiger partial charge in [0.05, 0.1) is 22.7 Å². The lowest BCUT2D eigenvalue weighted by molar-refractivity contribution is -0.124. The normalized spacial score (nSPS) is 21.0. The molecule has 2 heterocycles. The topological polar surface area (TPSA) is 146 Å². The Morgan fingerprint density at radius 3 is 2.45 bits per heavy atom. The Hall–Kier alpha value is -3.96. The van der Waals surface area contributed by atoms with Gasteiger partial charge in [0.1, 0.15) is 11.3 Å². The number of thiophene rings is 1. The quantitative estimate of drug-likeness (QED) is 0.246. The lowest BCUT2D eigenvalue weighted by Gasteiger charge is -2.37. The minimum atomic E-state index is -1.55. The van der Waals surface area contributed by atoms with Crippen LogP contribution in [0.4, 0.5) is 5.69 Å². The monoisotopic (exact) mass is 585 g/mol. The molecule has 9 nitrogen and oxygen atoms in total. The summed E-state index contributed by atoms with van der Waals surface area (Å²) in [6, 6.07) is 15.3. The zero-order chi connectivity index (χ0) is 29.8. The number of carbonyl (C=O) groups excluding carboxylic acids is 2. The number of carbonyl (C=O) groups is 2. The van der Waals surface area contributed by atoms with Crippen LogP contribution in [0.5, 0.6) is 17.2 Å². The second-order valence-electron chi connectivity index (χ2n) is 11.2. The highest BCUT2D eigenvalue weighted by molar-refractivity contribution is 7.21. The van der Waals surface area contributed by atoms with E-state index in [1.54, 1.807) is 31.4 Å². The average molecular weight is 586 g/mol. The molecule has 0 bridgehead atoms. The molecule has 0 saturated carbocycles. The van der Waals surface area contributed by atoms with Crippen LogP contribution in [0, 0.1) is 6.92 Å². The number of benzene rings is 3. The van der Waals surface area contributed by atoms with Crippen molar-refractivity contribution >= 4 is 38.8 Å². The molecule has 42 heavy (non-hydrogen) atoms. The molecule has 1 fully saturated rings. The summed E-state index contributed by atoms with van der Waals surface area (Å²) in [6.45, 7) is 3.71. The van der Waals surface area contributed by atoms with Crippen LogP contribution in [-0.2, 0) is 10.3 Å². The number of methoxy groups -OCH3 is 1. The number of nitrogen functional groups attached to an aromatic ring is 1. The van der Waals surface area contributed by atoms with Gasteiger partial charge in [-0.3, -0.25) is 9.59 Å². The number of para-hydroxylation sites is 2. The smallest absolute Gasteiger partial charge is 0.261 e. The van der Waals surface area contributed by atoms with Gasteiger partial charge in [-0.15, -0.1) is 11.3 Å². The van der Waals surface area contributed by atoms with Gasteiger partial charge in [0.15, 0.2) is 17.3 Å². The average Bonchev–Trinajstić information content (AvgIpc) is 3.39. The van der Waals surface area contributed by atoms with E-state index in [1.165, 1.54) is 11.3 Å². The van der Waals surface area contributed by atoms with E-state index in [1.807, 2.05) is 37.3 Å². The minimum Gasteiger partial charge on any atom is -0.493 e. The number of hydrogen-bond donors (Lipinski definition) is 4. The van der Waals surface area contributed by atoms with Crippen LogP contribution in [0.1, 0.15) is 50.8 Å². The Bertz CT molecular complexity index is 1710. The number of rotatable bonds is 6. The SMILES string of the molecule is COc1ccccc1Oc1ccc(C2(N)C(=O)C(N)c3c(C(=O)NC4CCN(C)CC4)sc4c(N)ccc2c34)c(C)c1. The molecule has 218 valence electrons. The highest BCUT2D eigenvalue weighted by atomic mass is 32.1. The summed E-state index contributed by atoms with van der Waals surface area (Å²) < 4.78 is 12.2. The van der Waals surface area contributed by atoms with Gasteiger partial charge < -0.3 is 36.9 Å². The molecule has 7 N–H and O–H groups in total. The van der Waals surface area contributed by atoms with Gasteiger partial charge >= 0.3 is 0 Å². The van der Waals surface area contributed by atoms with E-state index in [9.17, 15) is 9.59 Å². The summed E-state index contributed by atoms with van der Waals surface area (Å²) in [4.78, 5) is 30.4. The first-order chi connectivity index (χ1) is 20.1. The first-order valence-electron chi connectivity index (χ1n) is 14.0. The van der Waals surface area contributed by atoms with E-state index in [2.05, 4.69) is 17.3 Å². The fourth-order valence-electron chi connectivity index (χ4n) is 6.20. The summed E-state index contributed by atoms with van der Waals surface area (Å²) in [5.74, 6) is 1.14. The number of aryl methyl sites for hydroxylation is 1. The van der Waals surface area contributed by atoms with E-state index in [0.717, 1.165) is 31.5 Å². The van der Waals surface area contributed by atoms with Gasteiger partial charge in [0.2, 0.25) is 0 Å². The third-order valence-electron chi connectivity index (χ3n) is 8.49. The standard InChI is InChI=1S/C32H35N5O4S/c1-17-16-19(41-24-7-5-4-6-23(24)40-3)8-9-20(17)32(35)21-10-11-22(33)28-25(21)26(27(34)30(32)38)29(42-28)31(39)36-18-12-14-37(2)15-13-18/h4-11,16,18,27H,12-15,33-35H2,1-3H3,(H,36,39). The van der Waals surface area contributed by atoms with Gasteiger partial charge in [-0.25, -0.2) is 0 Å². The predicted octanol–water partition coefficient (Wildman–Crippen LogP) is 4.20. The number of nitrogens with one attached hydrogen (secondary N) is 1. The fraction of sp³-hybridized carbons (Fsp3) is 0.312. The highest BCUT2D eigenvalue weighted by Crippen LogP contribution is 2.50.